The van der Waals surface area contributed by atoms with Crippen molar-refractivity contribution in [1.29, 1.82) is 4.78 Å². The van der Waals surface area contributed by atoms with E-state index in [0.29, 0.717) is 31.2 Å². The molecule has 0 aliphatic carbocycles. The average molecular weight is 374 g/mol. The highest BCUT2D eigenvalue weighted by molar-refractivity contribution is 8.12. The molecule has 0 fully saturated rings. The first-order chi connectivity index (χ1) is 10.0. The molecule has 3 N–H and O–H groups in total. The highest BCUT2D eigenvalue weighted by Crippen LogP contribution is 2.12. The summed E-state index contributed by atoms with van der Waals surface area (Å²) in [5, 5.41) is 6.54. The lowest BCUT2D eigenvalue weighted by Gasteiger charge is -2.14. The maximum absolute atomic E-state index is 11.9. The van der Waals surface area contributed by atoms with E-state index in [1.165, 1.54) is 18.0 Å². The van der Waals surface area contributed by atoms with Gasteiger partial charge in [0.1, 0.15) is 0 Å². The Balaban J connectivity index is 3.80. The Morgan fingerprint density at radius 2 is 1.55 bits per heavy atom. The molecule has 9 heteroatoms. The van der Waals surface area contributed by atoms with Gasteiger partial charge in [0.2, 0.25) is 0 Å². The SMILES string of the molecule is CC(C)NCCCS(=O)(=O)CSC(C)NCCCS(C)(=N)=O. The normalized spacial score (nSPS) is 16.6. The molecule has 0 amide bonds. The van der Waals surface area contributed by atoms with Crippen LogP contribution in [0.3, 0.4) is 0 Å². The summed E-state index contributed by atoms with van der Waals surface area (Å²) in [6.45, 7) is 7.37. The van der Waals surface area contributed by atoms with Crippen LogP contribution in [0.5, 0.6) is 0 Å². The van der Waals surface area contributed by atoms with Crippen molar-refractivity contribution >= 4 is 31.3 Å². The van der Waals surface area contributed by atoms with Crippen LogP contribution in [0.1, 0.15) is 33.6 Å². The summed E-state index contributed by atoms with van der Waals surface area (Å²) in [6.07, 6.45) is 2.74. The molecule has 134 valence electrons. The summed E-state index contributed by atoms with van der Waals surface area (Å²) in [4.78, 5) is 0. The van der Waals surface area contributed by atoms with Crippen molar-refractivity contribution in [2.24, 2.45) is 0 Å². The van der Waals surface area contributed by atoms with Crippen LogP contribution in [0.15, 0.2) is 0 Å². The lowest BCUT2D eigenvalue weighted by molar-refractivity contribution is 0.570. The van der Waals surface area contributed by atoms with Crippen LogP contribution < -0.4 is 10.6 Å². The molecule has 0 rings (SSSR count). The van der Waals surface area contributed by atoms with E-state index in [2.05, 4.69) is 10.6 Å². The quantitative estimate of drug-likeness (QED) is 0.334. The fourth-order valence-corrected chi connectivity index (χ4v) is 5.29. The third-order valence-corrected chi connectivity index (χ3v) is 7.45. The molecule has 2 atom stereocenters. The van der Waals surface area contributed by atoms with Gasteiger partial charge in [-0.1, -0.05) is 13.8 Å². The number of hydrogen-bond acceptors (Lipinski definition) is 7. The third kappa shape index (κ3) is 15.1. The second kappa shape index (κ2) is 10.9. The van der Waals surface area contributed by atoms with Crippen LogP contribution in [0.2, 0.25) is 0 Å². The topological polar surface area (TPSA) is 99.1 Å². The molecule has 22 heavy (non-hydrogen) atoms. The molecule has 0 heterocycles. The Bertz CT molecular complexity index is 490. The van der Waals surface area contributed by atoms with E-state index in [-0.39, 0.29) is 16.2 Å². The zero-order valence-electron chi connectivity index (χ0n) is 14.1. The first kappa shape index (κ1) is 22.2. The van der Waals surface area contributed by atoms with E-state index >= 15 is 0 Å². The molecule has 0 bridgehead atoms. The molecule has 0 spiro atoms. The number of nitrogens with one attached hydrogen (secondary N) is 3. The summed E-state index contributed by atoms with van der Waals surface area (Å²) in [6, 6.07) is 0.378. The van der Waals surface area contributed by atoms with Crippen LogP contribution >= 0.6 is 11.8 Å². The van der Waals surface area contributed by atoms with Crippen molar-refractivity contribution in [3.8, 4) is 0 Å². The third-order valence-electron chi connectivity index (χ3n) is 2.82. The molecule has 0 radical (unpaired) electrons. The molecule has 0 aromatic carbocycles. The molecule has 0 saturated heterocycles. The molecular formula is C13H31N3O3S3. The van der Waals surface area contributed by atoms with E-state index in [9.17, 15) is 12.6 Å². The van der Waals surface area contributed by atoms with Crippen molar-refractivity contribution in [1.82, 2.24) is 10.6 Å². The van der Waals surface area contributed by atoms with Crippen LogP contribution in [0, 0.1) is 4.78 Å². The Kier molecular flexibility index (Phi) is 10.9. The van der Waals surface area contributed by atoms with Gasteiger partial charge in [-0.05, 0) is 32.9 Å². The molecule has 0 aliphatic heterocycles. The van der Waals surface area contributed by atoms with Gasteiger partial charge in [0.25, 0.3) is 0 Å². The predicted octanol–water partition coefficient (Wildman–Crippen LogP) is 1.48. The molecule has 6 nitrogen and oxygen atoms in total. The fraction of sp³-hybridized carbons (Fsp3) is 1.00. The van der Waals surface area contributed by atoms with Gasteiger partial charge in [-0.25, -0.2) is 8.42 Å². The van der Waals surface area contributed by atoms with Gasteiger partial charge in [-0.2, -0.15) is 0 Å². The highest BCUT2D eigenvalue weighted by Gasteiger charge is 2.13. The maximum atomic E-state index is 11.9. The zero-order valence-corrected chi connectivity index (χ0v) is 16.5. The second-order valence-corrected chi connectivity index (χ2v) is 12.2. The van der Waals surface area contributed by atoms with Crippen molar-refractivity contribution in [3.63, 3.8) is 0 Å². The van der Waals surface area contributed by atoms with Gasteiger partial charge in [0.05, 0.1) is 16.2 Å². The van der Waals surface area contributed by atoms with Crippen molar-refractivity contribution < 1.29 is 12.6 Å². The van der Waals surface area contributed by atoms with Crippen molar-refractivity contribution in [2.75, 3.05) is 35.9 Å². The molecule has 0 aromatic rings. The summed E-state index contributed by atoms with van der Waals surface area (Å²) in [7, 11) is -5.45. The monoisotopic (exact) mass is 373 g/mol. The number of thioether (sulfide) groups is 1. The fourth-order valence-electron chi connectivity index (χ4n) is 1.66. The molecule has 2 unspecified atom stereocenters. The van der Waals surface area contributed by atoms with Crippen molar-refractivity contribution in [2.45, 2.75) is 45.0 Å². The molecule has 0 saturated carbocycles. The van der Waals surface area contributed by atoms with Crippen LogP contribution in [-0.2, 0) is 19.6 Å². The Hall–Kier alpha value is 0.170. The summed E-state index contributed by atoms with van der Waals surface area (Å²) < 4.78 is 42.3. The first-order valence-corrected chi connectivity index (χ1v) is 12.5. The Labute approximate surface area is 140 Å². The average Bonchev–Trinajstić information content (AvgIpc) is 2.36. The van der Waals surface area contributed by atoms with Gasteiger partial charge in [0, 0.05) is 27.8 Å². The lowest BCUT2D eigenvalue weighted by Crippen LogP contribution is -2.27. The molecule has 0 aromatic heterocycles. The minimum atomic E-state index is -3.02. The van der Waals surface area contributed by atoms with Crippen LogP contribution in [0.4, 0.5) is 0 Å². The van der Waals surface area contributed by atoms with Gasteiger partial charge in [-0.3, -0.25) is 8.99 Å². The van der Waals surface area contributed by atoms with Gasteiger partial charge in [0.15, 0.2) is 9.84 Å². The van der Waals surface area contributed by atoms with Gasteiger partial charge in [-0.15, -0.1) is 11.8 Å². The summed E-state index contributed by atoms with van der Waals surface area (Å²) in [5.41, 5.74) is 0. The van der Waals surface area contributed by atoms with E-state index in [4.69, 9.17) is 4.78 Å². The van der Waals surface area contributed by atoms with Crippen LogP contribution in [0.25, 0.3) is 0 Å². The van der Waals surface area contributed by atoms with Crippen molar-refractivity contribution in [3.05, 3.63) is 0 Å². The number of rotatable bonds is 13. The van der Waals surface area contributed by atoms with Gasteiger partial charge >= 0.3 is 0 Å². The van der Waals surface area contributed by atoms with E-state index < -0.39 is 19.6 Å². The van der Waals surface area contributed by atoms with E-state index in [0.717, 1.165) is 6.54 Å². The summed E-state index contributed by atoms with van der Waals surface area (Å²) in [5.74, 6) is 0.585. The lowest BCUT2D eigenvalue weighted by atomic mass is 10.4. The first-order valence-electron chi connectivity index (χ1n) is 7.52. The second-order valence-electron chi connectivity index (χ2n) is 5.85. The summed E-state index contributed by atoms with van der Waals surface area (Å²) >= 11 is 1.37. The Morgan fingerprint density at radius 3 is 2.09 bits per heavy atom. The smallest absolute Gasteiger partial charge is 0.159 e. The minimum absolute atomic E-state index is 0.0298. The predicted molar refractivity (Wildman–Crippen MR) is 97.7 cm³/mol. The van der Waals surface area contributed by atoms with Gasteiger partial charge < -0.3 is 10.6 Å². The highest BCUT2D eigenvalue weighted by atomic mass is 32.3. The Morgan fingerprint density at radius 1 is 1.00 bits per heavy atom. The van der Waals surface area contributed by atoms with Crippen LogP contribution in [-0.4, -0.2) is 60.0 Å². The molecule has 0 aliphatic rings. The number of hydrogen-bond donors (Lipinski definition) is 3. The minimum Gasteiger partial charge on any atom is -0.314 e. The number of sulfone groups is 1. The molecular weight excluding hydrogens is 342 g/mol. The van der Waals surface area contributed by atoms with E-state index in [1.54, 1.807) is 0 Å². The maximum Gasteiger partial charge on any atom is 0.159 e. The zero-order chi connectivity index (χ0) is 17.2. The largest absolute Gasteiger partial charge is 0.314 e. The standard InChI is InChI=1S/C13H31N3O3S3/c1-12(2)15-7-6-10-22(18,19)11-20-13(3)16-8-5-9-21(4,14)17/h12-16H,5-11H2,1-4H3. The van der Waals surface area contributed by atoms with E-state index in [1.807, 2.05) is 20.8 Å².